The number of carbonyl (C=O) groups is 1. The van der Waals surface area contributed by atoms with E-state index >= 15 is 0 Å². The molecule has 1 aliphatic heterocycles. The van der Waals surface area contributed by atoms with Crippen LogP contribution in [0.1, 0.15) is 45.0 Å². The summed E-state index contributed by atoms with van der Waals surface area (Å²) in [5, 5.41) is 11.8. The van der Waals surface area contributed by atoms with Crippen LogP contribution in [0, 0.1) is 13.8 Å². The fourth-order valence-electron chi connectivity index (χ4n) is 2.74. The van der Waals surface area contributed by atoms with Crippen LogP contribution in [0.2, 0.25) is 0 Å². The average molecular weight is 333 g/mol. The number of aryl methyl sites for hydroxylation is 2. The molecule has 3 heterocycles. The van der Waals surface area contributed by atoms with Crippen LogP contribution in [-0.4, -0.2) is 40.3 Å². The number of hydrogen-bond donors (Lipinski definition) is 2. The molecular formula is C16H23N5OS. The Labute approximate surface area is 140 Å². The van der Waals surface area contributed by atoms with Gasteiger partial charge in [0.05, 0.1) is 16.7 Å². The lowest BCUT2D eigenvalue weighted by atomic mass is 10.1. The lowest BCUT2D eigenvalue weighted by Crippen LogP contribution is -2.32. The first kappa shape index (κ1) is 16.1. The SMILES string of the molecule is Cc1nc(CCNC(=O)c2ccn(C3CCCNC3)n2)sc1C. The van der Waals surface area contributed by atoms with E-state index in [4.69, 9.17) is 0 Å². The molecule has 3 rings (SSSR count). The summed E-state index contributed by atoms with van der Waals surface area (Å²) in [5.74, 6) is -0.113. The van der Waals surface area contributed by atoms with Gasteiger partial charge < -0.3 is 10.6 Å². The monoisotopic (exact) mass is 333 g/mol. The molecule has 1 atom stereocenters. The van der Waals surface area contributed by atoms with Gasteiger partial charge in [-0.1, -0.05) is 0 Å². The Hall–Kier alpha value is -1.73. The summed E-state index contributed by atoms with van der Waals surface area (Å²) in [5.41, 5.74) is 1.57. The zero-order valence-electron chi connectivity index (χ0n) is 13.6. The van der Waals surface area contributed by atoms with E-state index in [1.165, 1.54) is 4.88 Å². The minimum Gasteiger partial charge on any atom is -0.350 e. The molecule has 7 heteroatoms. The Balaban J connectivity index is 1.51. The van der Waals surface area contributed by atoms with Crippen molar-refractivity contribution in [3.63, 3.8) is 0 Å². The third-order valence-corrected chi connectivity index (χ3v) is 5.32. The van der Waals surface area contributed by atoms with Crippen molar-refractivity contribution >= 4 is 17.2 Å². The topological polar surface area (TPSA) is 71.8 Å². The molecule has 124 valence electrons. The number of aromatic nitrogens is 3. The first-order valence-electron chi connectivity index (χ1n) is 8.10. The summed E-state index contributed by atoms with van der Waals surface area (Å²) in [6.07, 6.45) is 4.93. The van der Waals surface area contributed by atoms with Crippen molar-refractivity contribution in [1.29, 1.82) is 0 Å². The Morgan fingerprint density at radius 2 is 2.39 bits per heavy atom. The molecule has 2 aromatic heterocycles. The lowest BCUT2D eigenvalue weighted by molar-refractivity contribution is 0.0948. The first-order valence-corrected chi connectivity index (χ1v) is 8.92. The molecule has 1 fully saturated rings. The third kappa shape index (κ3) is 3.97. The zero-order valence-corrected chi connectivity index (χ0v) is 14.4. The van der Waals surface area contributed by atoms with E-state index in [2.05, 4.69) is 27.6 Å². The standard InChI is InChI=1S/C16H23N5OS/c1-11-12(2)23-15(19-11)5-8-18-16(22)14-6-9-21(20-14)13-4-3-7-17-10-13/h6,9,13,17H,3-5,7-8,10H2,1-2H3,(H,18,22). The second kappa shape index (κ2) is 7.23. The molecule has 0 aromatic carbocycles. The molecule has 0 radical (unpaired) electrons. The summed E-state index contributed by atoms with van der Waals surface area (Å²) in [6.45, 7) is 6.66. The van der Waals surface area contributed by atoms with E-state index in [9.17, 15) is 4.79 Å². The fraction of sp³-hybridized carbons (Fsp3) is 0.562. The van der Waals surface area contributed by atoms with E-state index in [0.29, 0.717) is 18.3 Å². The van der Waals surface area contributed by atoms with Crippen LogP contribution < -0.4 is 10.6 Å². The van der Waals surface area contributed by atoms with Gasteiger partial charge in [0.15, 0.2) is 0 Å². The van der Waals surface area contributed by atoms with Crippen LogP contribution in [0.4, 0.5) is 0 Å². The number of piperidine rings is 1. The Bertz CT molecular complexity index is 652. The maximum Gasteiger partial charge on any atom is 0.271 e. The summed E-state index contributed by atoms with van der Waals surface area (Å²) in [4.78, 5) is 17.9. The van der Waals surface area contributed by atoms with E-state index in [1.54, 1.807) is 17.4 Å². The van der Waals surface area contributed by atoms with Crippen molar-refractivity contribution in [2.45, 2.75) is 39.2 Å². The van der Waals surface area contributed by atoms with E-state index in [0.717, 1.165) is 43.1 Å². The number of rotatable bonds is 5. The van der Waals surface area contributed by atoms with Crippen LogP contribution in [-0.2, 0) is 6.42 Å². The molecule has 6 nitrogen and oxygen atoms in total. The number of hydrogen-bond acceptors (Lipinski definition) is 5. The van der Waals surface area contributed by atoms with Gasteiger partial charge in [-0.2, -0.15) is 5.10 Å². The number of thiazole rings is 1. The highest BCUT2D eigenvalue weighted by Gasteiger charge is 2.17. The van der Waals surface area contributed by atoms with Crippen LogP contribution >= 0.6 is 11.3 Å². The fourth-order valence-corrected chi connectivity index (χ4v) is 3.67. The maximum atomic E-state index is 12.2. The summed E-state index contributed by atoms with van der Waals surface area (Å²) in [7, 11) is 0. The predicted octanol–water partition coefficient (Wildman–Crippen LogP) is 1.85. The molecule has 0 saturated carbocycles. The minimum atomic E-state index is -0.113. The van der Waals surface area contributed by atoms with Crippen LogP contribution in [0.15, 0.2) is 12.3 Å². The molecule has 1 aliphatic rings. The molecule has 2 N–H and O–H groups in total. The molecule has 1 amide bonds. The van der Waals surface area contributed by atoms with Gasteiger partial charge in [0.1, 0.15) is 5.69 Å². The van der Waals surface area contributed by atoms with Gasteiger partial charge in [0.25, 0.3) is 5.91 Å². The predicted molar refractivity (Wildman–Crippen MR) is 91.0 cm³/mol. The molecule has 1 unspecified atom stereocenters. The first-order chi connectivity index (χ1) is 11.1. The van der Waals surface area contributed by atoms with Gasteiger partial charge in [0, 0.05) is 30.6 Å². The second-order valence-electron chi connectivity index (χ2n) is 5.94. The average Bonchev–Trinajstić information content (AvgIpc) is 3.16. The smallest absolute Gasteiger partial charge is 0.271 e. The summed E-state index contributed by atoms with van der Waals surface area (Å²) >= 11 is 1.70. The number of nitrogens with zero attached hydrogens (tertiary/aromatic N) is 3. The third-order valence-electron chi connectivity index (χ3n) is 4.18. The number of amides is 1. The van der Waals surface area contributed by atoms with Crippen LogP contribution in [0.3, 0.4) is 0 Å². The Morgan fingerprint density at radius 1 is 1.52 bits per heavy atom. The van der Waals surface area contributed by atoms with Gasteiger partial charge in [0.2, 0.25) is 0 Å². The van der Waals surface area contributed by atoms with E-state index in [1.807, 2.05) is 17.8 Å². The van der Waals surface area contributed by atoms with Crippen molar-refractivity contribution in [2.75, 3.05) is 19.6 Å². The molecule has 0 spiro atoms. The molecular weight excluding hydrogens is 310 g/mol. The molecule has 0 aliphatic carbocycles. The summed E-state index contributed by atoms with van der Waals surface area (Å²) < 4.78 is 1.91. The molecule has 23 heavy (non-hydrogen) atoms. The van der Waals surface area contributed by atoms with Gasteiger partial charge in [-0.05, 0) is 39.3 Å². The summed E-state index contributed by atoms with van der Waals surface area (Å²) in [6, 6.07) is 2.15. The van der Waals surface area contributed by atoms with Gasteiger partial charge in [-0.25, -0.2) is 4.98 Å². The highest BCUT2D eigenvalue weighted by atomic mass is 32.1. The quantitative estimate of drug-likeness (QED) is 0.876. The van der Waals surface area contributed by atoms with Gasteiger partial charge in [-0.3, -0.25) is 9.48 Å². The van der Waals surface area contributed by atoms with Crippen molar-refractivity contribution in [3.05, 3.63) is 33.5 Å². The van der Waals surface area contributed by atoms with Crippen LogP contribution in [0.25, 0.3) is 0 Å². The van der Waals surface area contributed by atoms with E-state index < -0.39 is 0 Å². The Kier molecular flexibility index (Phi) is 5.07. The van der Waals surface area contributed by atoms with Crippen molar-refractivity contribution in [1.82, 2.24) is 25.4 Å². The molecule has 2 aromatic rings. The highest BCUT2D eigenvalue weighted by Crippen LogP contribution is 2.17. The number of carbonyl (C=O) groups excluding carboxylic acids is 1. The van der Waals surface area contributed by atoms with Crippen molar-refractivity contribution in [3.8, 4) is 0 Å². The zero-order chi connectivity index (χ0) is 16.2. The Morgan fingerprint density at radius 3 is 3.09 bits per heavy atom. The second-order valence-corrected chi connectivity index (χ2v) is 7.22. The lowest BCUT2D eigenvalue weighted by Gasteiger charge is -2.22. The highest BCUT2D eigenvalue weighted by molar-refractivity contribution is 7.11. The maximum absolute atomic E-state index is 12.2. The molecule has 1 saturated heterocycles. The van der Waals surface area contributed by atoms with E-state index in [-0.39, 0.29) is 5.91 Å². The molecule has 0 bridgehead atoms. The minimum absolute atomic E-state index is 0.113. The van der Waals surface area contributed by atoms with Gasteiger partial charge >= 0.3 is 0 Å². The number of nitrogens with one attached hydrogen (secondary N) is 2. The van der Waals surface area contributed by atoms with Crippen molar-refractivity contribution in [2.24, 2.45) is 0 Å². The largest absolute Gasteiger partial charge is 0.350 e. The van der Waals surface area contributed by atoms with Gasteiger partial charge in [-0.15, -0.1) is 11.3 Å². The van der Waals surface area contributed by atoms with Crippen LogP contribution in [0.5, 0.6) is 0 Å². The normalized spacial score (nSPS) is 18.1. The van der Waals surface area contributed by atoms with Crippen molar-refractivity contribution < 1.29 is 4.79 Å².